The molecular weight excluding hydrogens is 356 g/mol. The monoisotopic (exact) mass is 382 g/mol. The molecule has 5 heteroatoms. The first kappa shape index (κ1) is 18.3. The van der Waals surface area contributed by atoms with Gasteiger partial charge in [-0.2, -0.15) is 0 Å². The summed E-state index contributed by atoms with van der Waals surface area (Å²) >= 11 is 3.45. The number of ether oxygens (including phenoxy) is 1. The highest BCUT2D eigenvalue weighted by Crippen LogP contribution is 2.31. The van der Waals surface area contributed by atoms with Gasteiger partial charge in [0.15, 0.2) is 0 Å². The van der Waals surface area contributed by atoms with E-state index in [2.05, 4.69) is 40.2 Å². The maximum atomic E-state index is 12.6. The summed E-state index contributed by atoms with van der Waals surface area (Å²) in [5.74, 6) is 0.636. The van der Waals surface area contributed by atoms with Crippen LogP contribution in [0.4, 0.5) is 0 Å². The minimum absolute atomic E-state index is 0.0544. The van der Waals surface area contributed by atoms with Gasteiger partial charge in [0, 0.05) is 16.6 Å². The van der Waals surface area contributed by atoms with Crippen LogP contribution in [0.1, 0.15) is 48.9 Å². The van der Waals surface area contributed by atoms with Crippen molar-refractivity contribution in [3.8, 4) is 5.75 Å². The van der Waals surface area contributed by atoms with Gasteiger partial charge in [-0.15, -0.1) is 0 Å². The van der Waals surface area contributed by atoms with E-state index in [9.17, 15) is 4.79 Å². The van der Waals surface area contributed by atoms with Crippen LogP contribution in [0.15, 0.2) is 22.7 Å². The van der Waals surface area contributed by atoms with Crippen molar-refractivity contribution in [2.45, 2.75) is 44.1 Å². The summed E-state index contributed by atoms with van der Waals surface area (Å²) < 4.78 is 6.01. The highest BCUT2D eigenvalue weighted by molar-refractivity contribution is 9.10. The van der Waals surface area contributed by atoms with Crippen LogP contribution in [0.3, 0.4) is 0 Å². The second kappa shape index (κ2) is 8.15. The lowest BCUT2D eigenvalue weighted by atomic mass is 9.88. The molecule has 0 saturated heterocycles. The Balaban J connectivity index is 2.10. The number of hydrogen-bond acceptors (Lipinski definition) is 3. The summed E-state index contributed by atoms with van der Waals surface area (Å²) in [6.07, 6.45) is 7.34. The van der Waals surface area contributed by atoms with Crippen molar-refractivity contribution in [3.63, 3.8) is 0 Å². The van der Waals surface area contributed by atoms with Crippen molar-refractivity contribution in [2.24, 2.45) is 0 Å². The summed E-state index contributed by atoms with van der Waals surface area (Å²) in [7, 11) is 5.86. The van der Waals surface area contributed by atoms with Crippen molar-refractivity contribution in [1.29, 1.82) is 0 Å². The number of amides is 1. The van der Waals surface area contributed by atoms with Crippen LogP contribution in [0.25, 0.3) is 0 Å². The van der Waals surface area contributed by atoms with Gasteiger partial charge < -0.3 is 15.0 Å². The van der Waals surface area contributed by atoms with Crippen LogP contribution in [0, 0.1) is 0 Å². The van der Waals surface area contributed by atoms with E-state index in [1.54, 1.807) is 13.2 Å². The predicted molar refractivity (Wildman–Crippen MR) is 97.1 cm³/mol. The number of carbonyl (C=O) groups excluding carboxylic acids is 1. The number of carbonyl (C=O) groups is 1. The van der Waals surface area contributed by atoms with Gasteiger partial charge in [0.1, 0.15) is 5.75 Å². The molecule has 0 unspecified atom stereocenters. The van der Waals surface area contributed by atoms with E-state index in [1.165, 1.54) is 25.7 Å². The van der Waals surface area contributed by atoms with Crippen LogP contribution in [0.2, 0.25) is 0 Å². The van der Waals surface area contributed by atoms with Gasteiger partial charge in [-0.3, -0.25) is 4.79 Å². The molecule has 2 rings (SSSR count). The molecule has 1 fully saturated rings. The average Bonchev–Trinajstić information content (AvgIpc) is 2.79. The van der Waals surface area contributed by atoms with Gasteiger partial charge in [0.2, 0.25) is 0 Å². The molecule has 0 radical (unpaired) electrons. The number of nitrogens with one attached hydrogen (secondary N) is 1. The van der Waals surface area contributed by atoms with Gasteiger partial charge in [-0.1, -0.05) is 25.7 Å². The predicted octanol–water partition coefficient (Wildman–Crippen LogP) is 3.84. The second-order valence-electron chi connectivity index (χ2n) is 6.56. The molecule has 1 aliphatic rings. The molecule has 1 aromatic rings. The first-order valence-corrected chi connectivity index (χ1v) is 9.07. The quantitative estimate of drug-likeness (QED) is 0.786. The lowest BCUT2D eigenvalue weighted by Crippen LogP contribution is -2.52. The highest BCUT2D eigenvalue weighted by Gasteiger charge is 2.33. The van der Waals surface area contributed by atoms with Crippen LogP contribution in [0.5, 0.6) is 5.75 Å². The summed E-state index contributed by atoms with van der Waals surface area (Å²) in [4.78, 5) is 14.9. The minimum atomic E-state index is -0.0544. The van der Waals surface area contributed by atoms with Crippen molar-refractivity contribution in [3.05, 3.63) is 28.2 Å². The fourth-order valence-electron chi connectivity index (χ4n) is 3.31. The average molecular weight is 383 g/mol. The lowest BCUT2D eigenvalue weighted by Gasteiger charge is -2.39. The number of nitrogens with zero attached hydrogens (tertiary/aromatic N) is 1. The Kier molecular flexibility index (Phi) is 6.48. The van der Waals surface area contributed by atoms with Crippen molar-refractivity contribution >= 4 is 21.8 Å². The number of halogens is 1. The maximum absolute atomic E-state index is 12.6. The summed E-state index contributed by atoms with van der Waals surface area (Å²) in [5, 5.41) is 3.14. The molecule has 23 heavy (non-hydrogen) atoms. The second-order valence-corrected chi connectivity index (χ2v) is 7.42. The first-order valence-electron chi connectivity index (χ1n) is 8.28. The van der Waals surface area contributed by atoms with Crippen molar-refractivity contribution < 1.29 is 9.53 Å². The zero-order valence-electron chi connectivity index (χ0n) is 14.3. The molecule has 0 spiro atoms. The van der Waals surface area contributed by atoms with Crippen molar-refractivity contribution in [2.75, 3.05) is 27.7 Å². The van der Waals surface area contributed by atoms with E-state index in [1.807, 2.05) is 12.1 Å². The first-order chi connectivity index (χ1) is 11.0. The van der Waals surface area contributed by atoms with Crippen LogP contribution < -0.4 is 10.1 Å². The maximum Gasteiger partial charge on any atom is 0.252 e. The van der Waals surface area contributed by atoms with Gasteiger partial charge in [0.25, 0.3) is 5.91 Å². The molecule has 0 atom stereocenters. The molecule has 4 nitrogen and oxygen atoms in total. The topological polar surface area (TPSA) is 41.6 Å². The van der Waals surface area contributed by atoms with E-state index in [0.717, 1.165) is 17.3 Å². The Morgan fingerprint density at radius 2 is 1.91 bits per heavy atom. The van der Waals surface area contributed by atoms with Gasteiger partial charge in [-0.25, -0.2) is 0 Å². The van der Waals surface area contributed by atoms with E-state index >= 15 is 0 Å². The molecule has 0 aromatic heterocycles. The fourth-order valence-corrected chi connectivity index (χ4v) is 3.74. The summed E-state index contributed by atoms with van der Waals surface area (Å²) in [6, 6.07) is 5.46. The SMILES string of the molecule is COc1ccc(Br)c(C(=O)NCC2(N(C)C)CCCCCC2)c1. The van der Waals surface area contributed by atoms with Crippen LogP contribution in [-0.2, 0) is 0 Å². The molecule has 1 aromatic carbocycles. The Labute approximate surface area is 147 Å². The zero-order valence-corrected chi connectivity index (χ0v) is 15.9. The largest absolute Gasteiger partial charge is 0.497 e. The van der Waals surface area contributed by atoms with Crippen molar-refractivity contribution in [1.82, 2.24) is 10.2 Å². The molecular formula is C18H27BrN2O2. The third-order valence-electron chi connectivity index (χ3n) is 4.98. The Morgan fingerprint density at radius 3 is 2.48 bits per heavy atom. The molecule has 1 amide bonds. The molecule has 1 saturated carbocycles. The molecule has 1 N–H and O–H groups in total. The fraction of sp³-hybridized carbons (Fsp3) is 0.611. The highest BCUT2D eigenvalue weighted by atomic mass is 79.9. The van der Waals surface area contributed by atoms with E-state index in [4.69, 9.17) is 4.74 Å². The molecule has 0 bridgehead atoms. The Bertz CT molecular complexity index is 538. The molecule has 0 heterocycles. The molecule has 0 aliphatic heterocycles. The van der Waals surface area contributed by atoms with Crippen LogP contribution in [-0.4, -0.2) is 44.1 Å². The standard InChI is InChI=1S/C18H27BrN2O2/c1-21(2)18(10-6-4-5-7-11-18)13-20-17(22)15-12-14(23-3)8-9-16(15)19/h8-9,12H,4-7,10-11,13H2,1-3H3,(H,20,22). The normalized spacial score (nSPS) is 17.6. The Morgan fingerprint density at radius 1 is 1.26 bits per heavy atom. The molecule has 128 valence electrons. The summed E-state index contributed by atoms with van der Waals surface area (Å²) in [5.41, 5.74) is 0.684. The number of likely N-dealkylation sites (N-methyl/N-ethyl adjacent to an activating group) is 1. The number of hydrogen-bond donors (Lipinski definition) is 1. The van der Waals surface area contributed by atoms with E-state index < -0.39 is 0 Å². The third-order valence-corrected chi connectivity index (χ3v) is 5.67. The Hall–Kier alpha value is -1.07. The summed E-state index contributed by atoms with van der Waals surface area (Å²) in [6.45, 7) is 0.683. The van der Waals surface area contributed by atoms with E-state index in [-0.39, 0.29) is 11.4 Å². The number of benzene rings is 1. The smallest absolute Gasteiger partial charge is 0.252 e. The van der Waals surface area contributed by atoms with Gasteiger partial charge >= 0.3 is 0 Å². The van der Waals surface area contributed by atoms with E-state index in [0.29, 0.717) is 17.9 Å². The number of rotatable bonds is 5. The van der Waals surface area contributed by atoms with Gasteiger partial charge in [-0.05, 0) is 61.1 Å². The zero-order chi connectivity index (χ0) is 16.9. The lowest BCUT2D eigenvalue weighted by molar-refractivity contribution is 0.0868. The number of methoxy groups -OCH3 is 1. The van der Waals surface area contributed by atoms with Gasteiger partial charge in [0.05, 0.1) is 12.7 Å². The molecule has 1 aliphatic carbocycles. The minimum Gasteiger partial charge on any atom is -0.497 e. The van der Waals surface area contributed by atoms with Crippen LogP contribution >= 0.6 is 15.9 Å². The third kappa shape index (κ3) is 4.48.